The highest BCUT2D eigenvalue weighted by molar-refractivity contribution is 7.98. The lowest BCUT2D eigenvalue weighted by atomic mass is 9.93. The third-order valence-electron chi connectivity index (χ3n) is 7.02. The molecule has 6 rings (SSSR count). The third kappa shape index (κ3) is 4.53. The van der Waals surface area contributed by atoms with Gasteiger partial charge < -0.3 is 9.72 Å². The van der Waals surface area contributed by atoms with E-state index < -0.39 is 12.0 Å². The smallest absolute Gasteiger partial charge is 0.338 e. The molecule has 1 atom stereocenters. The van der Waals surface area contributed by atoms with E-state index in [0.29, 0.717) is 20.6 Å². The summed E-state index contributed by atoms with van der Waals surface area (Å²) in [6.07, 6.45) is 3.95. The Morgan fingerprint density at radius 2 is 1.80 bits per heavy atom. The summed E-state index contributed by atoms with van der Waals surface area (Å²) < 4.78 is 7.75. The fraction of sp³-hybridized carbons (Fsp3) is 0.156. The highest BCUT2D eigenvalue weighted by Crippen LogP contribution is 2.35. The van der Waals surface area contributed by atoms with Crippen LogP contribution >= 0.6 is 23.1 Å². The molecule has 6 nitrogen and oxygen atoms in total. The quantitative estimate of drug-likeness (QED) is 0.220. The molecule has 8 heteroatoms. The summed E-state index contributed by atoms with van der Waals surface area (Å²) in [7, 11) is 0. The van der Waals surface area contributed by atoms with E-state index in [1.807, 2.05) is 98.1 Å². The Labute approximate surface area is 239 Å². The van der Waals surface area contributed by atoms with Crippen molar-refractivity contribution in [3.8, 4) is 0 Å². The van der Waals surface area contributed by atoms with Crippen LogP contribution in [0.3, 0.4) is 0 Å². The van der Waals surface area contributed by atoms with Crippen LogP contribution in [0.25, 0.3) is 22.7 Å². The summed E-state index contributed by atoms with van der Waals surface area (Å²) in [5, 5.41) is 1.05. The van der Waals surface area contributed by atoms with E-state index in [4.69, 9.17) is 9.73 Å². The first-order valence-corrected chi connectivity index (χ1v) is 15.0. The van der Waals surface area contributed by atoms with Crippen LogP contribution in [0.4, 0.5) is 0 Å². The lowest BCUT2D eigenvalue weighted by molar-refractivity contribution is -0.138. The number of carbonyl (C=O) groups excluding carboxylic acids is 1. The maximum atomic E-state index is 14.2. The van der Waals surface area contributed by atoms with E-state index in [1.54, 1.807) is 23.3 Å². The number of rotatable bonds is 6. The monoisotopic (exact) mass is 565 g/mol. The van der Waals surface area contributed by atoms with Gasteiger partial charge in [-0.25, -0.2) is 9.79 Å². The van der Waals surface area contributed by atoms with Crippen molar-refractivity contribution in [3.05, 3.63) is 127 Å². The summed E-state index contributed by atoms with van der Waals surface area (Å²) in [6.45, 7) is 4.00. The molecule has 5 aromatic rings. The van der Waals surface area contributed by atoms with Gasteiger partial charge in [0.15, 0.2) is 4.80 Å². The van der Waals surface area contributed by atoms with Crippen LogP contribution in [0.15, 0.2) is 99.1 Å². The van der Waals surface area contributed by atoms with Crippen molar-refractivity contribution in [2.24, 2.45) is 4.99 Å². The Balaban J connectivity index is 1.66. The zero-order chi connectivity index (χ0) is 27.8. The molecule has 1 N–H and O–H groups in total. The van der Waals surface area contributed by atoms with Crippen molar-refractivity contribution in [2.75, 3.05) is 12.9 Å². The van der Waals surface area contributed by atoms with Crippen molar-refractivity contribution >= 4 is 51.7 Å². The van der Waals surface area contributed by atoms with Gasteiger partial charge in [0.1, 0.15) is 0 Å². The first kappa shape index (κ1) is 26.1. The maximum absolute atomic E-state index is 14.2. The first-order chi connectivity index (χ1) is 19.5. The standard InChI is InChI=1S/C32H27N3O3S2/c1-4-38-31(37)27-28(20-10-6-5-7-11-20)34-32-35(29(27)21-14-16-22(39-3)17-15-21)30(36)26(40-32)18-24-19(2)33-25-13-9-8-12-23(24)25/h5-18,29,33H,4H2,1-3H3/b26-18-/t29-/m0/s1. The largest absolute Gasteiger partial charge is 0.463 e. The van der Waals surface area contributed by atoms with Crippen molar-refractivity contribution < 1.29 is 9.53 Å². The lowest BCUT2D eigenvalue weighted by Gasteiger charge is -2.26. The van der Waals surface area contributed by atoms with Gasteiger partial charge in [-0.05, 0) is 49.9 Å². The molecular weight excluding hydrogens is 539 g/mol. The van der Waals surface area contributed by atoms with Gasteiger partial charge in [0.25, 0.3) is 5.56 Å². The van der Waals surface area contributed by atoms with Crippen LogP contribution in [0.5, 0.6) is 0 Å². The number of para-hydroxylation sites is 1. The fourth-order valence-electron chi connectivity index (χ4n) is 5.16. The van der Waals surface area contributed by atoms with E-state index >= 15 is 0 Å². The molecule has 3 aromatic carbocycles. The minimum Gasteiger partial charge on any atom is -0.463 e. The number of aromatic nitrogens is 2. The van der Waals surface area contributed by atoms with Gasteiger partial charge in [-0.3, -0.25) is 9.36 Å². The molecule has 0 fully saturated rings. The molecule has 0 bridgehead atoms. The van der Waals surface area contributed by atoms with Crippen molar-refractivity contribution in [1.82, 2.24) is 9.55 Å². The summed E-state index contributed by atoms with van der Waals surface area (Å²) in [5.41, 5.74) is 5.26. The van der Waals surface area contributed by atoms with Gasteiger partial charge in [-0.15, -0.1) is 11.8 Å². The topological polar surface area (TPSA) is 76.4 Å². The predicted molar refractivity (Wildman–Crippen MR) is 162 cm³/mol. The first-order valence-electron chi connectivity index (χ1n) is 13.0. The van der Waals surface area contributed by atoms with Gasteiger partial charge in [-0.1, -0.05) is 72.0 Å². The third-order valence-corrected chi connectivity index (χ3v) is 8.75. The number of aryl methyl sites for hydroxylation is 1. The number of benzene rings is 3. The Hall–Kier alpha value is -4.14. The predicted octanol–water partition coefficient (Wildman–Crippen LogP) is 5.45. The molecule has 3 heterocycles. The number of thiazole rings is 1. The van der Waals surface area contributed by atoms with Gasteiger partial charge in [0.05, 0.1) is 28.5 Å². The Morgan fingerprint density at radius 1 is 1.07 bits per heavy atom. The second-order valence-electron chi connectivity index (χ2n) is 9.41. The number of fused-ring (bicyclic) bond motifs is 2. The van der Waals surface area contributed by atoms with Crippen LogP contribution in [0.1, 0.15) is 35.3 Å². The SMILES string of the molecule is CCOC(=O)C1=C(c2ccccc2)N=c2s/c(=C\c3c(C)[nH]c4ccccc34)c(=O)n2[C@H]1c1ccc(SC)cc1. The molecule has 200 valence electrons. The molecule has 0 saturated carbocycles. The Bertz CT molecular complexity index is 1950. The van der Waals surface area contributed by atoms with E-state index in [9.17, 15) is 9.59 Å². The number of thioether (sulfide) groups is 1. The molecule has 0 aliphatic carbocycles. The second-order valence-corrected chi connectivity index (χ2v) is 11.3. The average Bonchev–Trinajstić information content (AvgIpc) is 3.47. The highest BCUT2D eigenvalue weighted by Gasteiger charge is 2.35. The number of aromatic amines is 1. The van der Waals surface area contributed by atoms with Gasteiger partial charge in [0.2, 0.25) is 0 Å². The Kier molecular flexibility index (Phi) is 7.04. The molecule has 2 aromatic heterocycles. The van der Waals surface area contributed by atoms with E-state index in [-0.39, 0.29) is 12.2 Å². The van der Waals surface area contributed by atoms with Gasteiger partial charge >= 0.3 is 5.97 Å². The van der Waals surface area contributed by atoms with Crippen LogP contribution in [0.2, 0.25) is 0 Å². The van der Waals surface area contributed by atoms with E-state index in [0.717, 1.165) is 38.2 Å². The van der Waals surface area contributed by atoms with Crippen molar-refractivity contribution in [3.63, 3.8) is 0 Å². The van der Waals surface area contributed by atoms with Crippen LogP contribution in [0, 0.1) is 6.92 Å². The fourth-order valence-corrected chi connectivity index (χ4v) is 6.55. The molecule has 1 aliphatic heterocycles. The second kappa shape index (κ2) is 10.8. The van der Waals surface area contributed by atoms with Gasteiger partial charge in [-0.2, -0.15) is 0 Å². The normalized spacial score (nSPS) is 15.3. The number of carbonyl (C=O) groups is 1. The van der Waals surface area contributed by atoms with Gasteiger partial charge in [0, 0.05) is 32.6 Å². The zero-order valence-corrected chi connectivity index (χ0v) is 23.9. The molecule has 0 unspecified atom stereocenters. The summed E-state index contributed by atoms with van der Waals surface area (Å²) in [6, 6.07) is 24.9. The summed E-state index contributed by atoms with van der Waals surface area (Å²) >= 11 is 2.97. The summed E-state index contributed by atoms with van der Waals surface area (Å²) in [5.74, 6) is -0.481. The lowest BCUT2D eigenvalue weighted by Crippen LogP contribution is -2.40. The molecule has 40 heavy (non-hydrogen) atoms. The number of ether oxygens (including phenoxy) is 1. The van der Waals surface area contributed by atoms with Crippen LogP contribution in [-0.2, 0) is 9.53 Å². The number of esters is 1. The number of hydrogen-bond donors (Lipinski definition) is 1. The van der Waals surface area contributed by atoms with E-state index in [2.05, 4.69) is 4.98 Å². The van der Waals surface area contributed by atoms with E-state index in [1.165, 1.54) is 11.3 Å². The minimum atomic E-state index is -0.687. The van der Waals surface area contributed by atoms with Crippen LogP contribution in [-0.4, -0.2) is 28.4 Å². The van der Waals surface area contributed by atoms with Crippen LogP contribution < -0.4 is 14.9 Å². The summed E-state index contributed by atoms with van der Waals surface area (Å²) in [4.78, 5) is 37.7. The molecular formula is C32H27N3O3S2. The molecule has 0 saturated heterocycles. The average molecular weight is 566 g/mol. The molecule has 0 radical (unpaired) electrons. The van der Waals surface area contributed by atoms with Crippen molar-refractivity contribution in [2.45, 2.75) is 24.8 Å². The number of nitrogens with zero attached hydrogens (tertiary/aromatic N) is 2. The number of hydrogen-bond acceptors (Lipinski definition) is 6. The highest BCUT2D eigenvalue weighted by atomic mass is 32.2. The maximum Gasteiger partial charge on any atom is 0.338 e. The molecule has 0 amide bonds. The number of nitrogens with one attached hydrogen (secondary N) is 1. The molecule has 1 aliphatic rings. The Morgan fingerprint density at radius 3 is 2.52 bits per heavy atom. The zero-order valence-electron chi connectivity index (χ0n) is 22.3. The minimum absolute atomic E-state index is 0.193. The number of H-pyrrole nitrogens is 1. The van der Waals surface area contributed by atoms with Crippen molar-refractivity contribution in [1.29, 1.82) is 0 Å². The molecule has 0 spiro atoms.